The second-order valence-corrected chi connectivity index (χ2v) is 6.58. The molecule has 0 radical (unpaired) electrons. The highest BCUT2D eigenvalue weighted by Crippen LogP contribution is 2.24. The highest BCUT2D eigenvalue weighted by Gasteiger charge is 2.16. The monoisotopic (exact) mass is 358 g/mol. The molecule has 0 heterocycles. The number of hydrogen-bond acceptors (Lipinski definition) is 2. The van der Waals surface area contributed by atoms with Gasteiger partial charge in [0.2, 0.25) is 11.8 Å². The van der Waals surface area contributed by atoms with E-state index in [1.165, 1.54) is 6.92 Å². The summed E-state index contributed by atoms with van der Waals surface area (Å²) in [5, 5.41) is 3.55. The number of nitrogens with zero attached hydrogens (tertiary/aromatic N) is 1. The maximum atomic E-state index is 12.3. The normalized spacial score (nSPS) is 10.4. The van der Waals surface area contributed by atoms with Gasteiger partial charge >= 0.3 is 0 Å². The lowest BCUT2D eigenvalue weighted by Crippen LogP contribution is -2.32. The van der Waals surface area contributed by atoms with Gasteiger partial charge in [-0.05, 0) is 61.7 Å². The third-order valence-electron chi connectivity index (χ3n) is 4.27. The lowest BCUT2D eigenvalue weighted by Gasteiger charge is -2.23. The van der Waals surface area contributed by atoms with Gasteiger partial charge in [-0.1, -0.05) is 23.7 Å². The molecular weight excluding hydrogens is 336 g/mol. The van der Waals surface area contributed by atoms with E-state index in [1.54, 1.807) is 11.0 Å². The van der Waals surface area contributed by atoms with Gasteiger partial charge in [0.25, 0.3) is 0 Å². The molecule has 0 saturated carbocycles. The molecule has 25 heavy (non-hydrogen) atoms. The van der Waals surface area contributed by atoms with Crippen molar-refractivity contribution in [1.82, 2.24) is 0 Å². The second kappa shape index (κ2) is 8.17. The number of benzene rings is 2. The molecule has 0 aliphatic carbocycles. The molecule has 132 valence electrons. The largest absolute Gasteiger partial charge is 0.326 e. The summed E-state index contributed by atoms with van der Waals surface area (Å²) in [5.41, 5.74) is 4.66. The average molecular weight is 359 g/mol. The van der Waals surface area contributed by atoms with Gasteiger partial charge in [0.05, 0.1) is 0 Å². The quantitative estimate of drug-likeness (QED) is 0.845. The molecule has 0 fully saturated rings. The standard InChI is InChI=1S/C20H23ClN2O2/c1-13-6-5-7-18(15(13)3)22-20(25)10-11-23(16(4)24)19-9-8-17(21)12-14(19)2/h5-9,12H,10-11H2,1-4H3,(H,22,25). The molecule has 0 saturated heterocycles. The first-order valence-electron chi connectivity index (χ1n) is 8.20. The summed E-state index contributed by atoms with van der Waals surface area (Å²) in [6, 6.07) is 11.2. The molecule has 0 spiro atoms. The van der Waals surface area contributed by atoms with E-state index in [0.717, 1.165) is 28.1 Å². The molecule has 0 aliphatic heterocycles. The number of rotatable bonds is 5. The van der Waals surface area contributed by atoms with E-state index >= 15 is 0 Å². The van der Waals surface area contributed by atoms with Gasteiger partial charge in [-0.25, -0.2) is 0 Å². The van der Waals surface area contributed by atoms with Crippen LogP contribution in [0.5, 0.6) is 0 Å². The Hall–Kier alpha value is -2.33. The Balaban J connectivity index is 2.07. The van der Waals surface area contributed by atoms with Crippen molar-refractivity contribution in [3.05, 3.63) is 58.1 Å². The molecule has 0 aromatic heterocycles. The lowest BCUT2D eigenvalue weighted by atomic mass is 10.1. The van der Waals surface area contributed by atoms with Crippen molar-refractivity contribution >= 4 is 34.8 Å². The fourth-order valence-corrected chi connectivity index (χ4v) is 2.91. The number of halogens is 1. The topological polar surface area (TPSA) is 49.4 Å². The lowest BCUT2D eigenvalue weighted by molar-refractivity contribution is -0.117. The maximum Gasteiger partial charge on any atom is 0.226 e. The van der Waals surface area contributed by atoms with Gasteiger partial charge in [0, 0.05) is 36.3 Å². The second-order valence-electron chi connectivity index (χ2n) is 6.15. The molecule has 2 aromatic carbocycles. The average Bonchev–Trinajstić information content (AvgIpc) is 2.53. The minimum atomic E-state index is -0.119. The van der Waals surface area contributed by atoms with Crippen molar-refractivity contribution in [1.29, 1.82) is 0 Å². The van der Waals surface area contributed by atoms with Crippen molar-refractivity contribution in [3.8, 4) is 0 Å². The van der Waals surface area contributed by atoms with Crippen LogP contribution in [0.25, 0.3) is 0 Å². The SMILES string of the molecule is CC(=O)N(CCC(=O)Nc1cccc(C)c1C)c1ccc(Cl)cc1C. The van der Waals surface area contributed by atoms with Crippen LogP contribution in [0.15, 0.2) is 36.4 Å². The molecule has 0 aliphatic rings. The zero-order valence-corrected chi connectivity index (χ0v) is 15.8. The Morgan fingerprint density at radius 2 is 1.80 bits per heavy atom. The van der Waals surface area contributed by atoms with Crippen LogP contribution >= 0.6 is 11.6 Å². The highest BCUT2D eigenvalue weighted by atomic mass is 35.5. The van der Waals surface area contributed by atoms with Crippen LogP contribution in [-0.4, -0.2) is 18.4 Å². The van der Waals surface area contributed by atoms with Crippen LogP contribution < -0.4 is 10.2 Å². The fourth-order valence-electron chi connectivity index (χ4n) is 2.68. The Bertz CT molecular complexity index is 802. The van der Waals surface area contributed by atoms with E-state index in [9.17, 15) is 9.59 Å². The molecule has 2 aromatic rings. The third-order valence-corrected chi connectivity index (χ3v) is 4.51. The molecule has 0 unspecified atom stereocenters. The summed E-state index contributed by atoms with van der Waals surface area (Å²) in [4.78, 5) is 25.9. The summed E-state index contributed by atoms with van der Waals surface area (Å²) in [5.74, 6) is -0.225. The first kappa shape index (κ1) is 19.0. The van der Waals surface area contributed by atoms with Crippen LogP contribution in [0.3, 0.4) is 0 Å². The Kier molecular flexibility index (Phi) is 6.21. The van der Waals surface area contributed by atoms with Gasteiger partial charge in [-0.15, -0.1) is 0 Å². The van der Waals surface area contributed by atoms with Crippen molar-refractivity contribution < 1.29 is 9.59 Å². The summed E-state index contributed by atoms with van der Waals surface area (Å²) in [6.45, 7) is 7.69. The third kappa shape index (κ3) is 4.83. The first-order valence-corrected chi connectivity index (χ1v) is 8.57. The molecule has 2 rings (SSSR count). The van der Waals surface area contributed by atoms with Crippen LogP contribution in [-0.2, 0) is 9.59 Å². The highest BCUT2D eigenvalue weighted by molar-refractivity contribution is 6.30. The van der Waals surface area contributed by atoms with Crippen LogP contribution in [0.4, 0.5) is 11.4 Å². The minimum absolute atomic E-state index is 0.107. The predicted octanol–water partition coefficient (Wildman–Crippen LogP) is 4.65. The number of hydrogen-bond donors (Lipinski definition) is 1. The molecule has 0 atom stereocenters. The number of aryl methyl sites for hydroxylation is 2. The molecular formula is C20H23ClN2O2. The van der Waals surface area contributed by atoms with E-state index in [0.29, 0.717) is 11.6 Å². The number of anilines is 2. The van der Waals surface area contributed by atoms with Crippen molar-refractivity contribution in [2.45, 2.75) is 34.1 Å². The van der Waals surface area contributed by atoms with Crippen LogP contribution in [0.2, 0.25) is 5.02 Å². The zero-order valence-electron chi connectivity index (χ0n) is 15.0. The Morgan fingerprint density at radius 3 is 2.44 bits per heavy atom. The Labute approximate surface area is 153 Å². The first-order chi connectivity index (χ1) is 11.8. The summed E-state index contributed by atoms with van der Waals surface area (Å²) in [7, 11) is 0. The van der Waals surface area contributed by atoms with Gasteiger partial charge in [-0.3, -0.25) is 9.59 Å². The van der Waals surface area contributed by atoms with E-state index in [2.05, 4.69) is 5.32 Å². The van der Waals surface area contributed by atoms with E-state index < -0.39 is 0 Å². The van der Waals surface area contributed by atoms with E-state index in [1.807, 2.05) is 51.1 Å². The van der Waals surface area contributed by atoms with E-state index in [4.69, 9.17) is 11.6 Å². The summed E-state index contributed by atoms with van der Waals surface area (Å²) in [6.07, 6.45) is 0.217. The molecule has 4 nitrogen and oxygen atoms in total. The Morgan fingerprint density at radius 1 is 1.08 bits per heavy atom. The van der Waals surface area contributed by atoms with Gasteiger partial charge in [-0.2, -0.15) is 0 Å². The fraction of sp³-hybridized carbons (Fsp3) is 0.300. The maximum absolute atomic E-state index is 12.3. The molecule has 5 heteroatoms. The minimum Gasteiger partial charge on any atom is -0.326 e. The summed E-state index contributed by atoms with van der Waals surface area (Å²) < 4.78 is 0. The number of amides is 2. The molecule has 2 amide bonds. The van der Waals surface area contributed by atoms with Crippen LogP contribution in [0.1, 0.15) is 30.0 Å². The number of carbonyl (C=O) groups is 2. The van der Waals surface area contributed by atoms with Crippen molar-refractivity contribution in [2.75, 3.05) is 16.8 Å². The smallest absolute Gasteiger partial charge is 0.226 e. The van der Waals surface area contributed by atoms with Gasteiger partial charge < -0.3 is 10.2 Å². The number of nitrogens with one attached hydrogen (secondary N) is 1. The summed E-state index contributed by atoms with van der Waals surface area (Å²) >= 11 is 5.98. The van der Waals surface area contributed by atoms with Crippen LogP contribution in [0, 0.1) is 20.8 Å². The van der Waals surface area contributed by atoms with Gasteiger partial charge in [0.15, 0.2) is 0 Å². The molecule has 0 bridgehead atoms. The predicted molar refractivity (Wildman–Crippen MR) is 103 cm³/mol. The zero-order chi connectivity index (χ0) is 18.6. The van der Waals surface area contributed by atoms with E-state index in [-0.39, 0.29) is 18.2 Å². The number of carbonyl (C=O) groups excluding carboxylic acids is 2. The molecule has 1 N–H and O–H groups in total. The van der Waals surface area contributed by atoms with Gasteiger partial charge in [0.1, 0.15) is 0 Å². The van der Waals surface area contributed by atoms with Crippen molar-refractivity contribution in [2.24, 2.45) is 0 Å². The van der Waals surface area contributed by atoms with Crippen molar-refractivity contribution in [3.63, 3.8) is 0 Å².